The van der Waals surface area contributed by atoms with Crippen molar-refractivity contribution in [3.63, 3.8) is 0 Å². The molecule has 0 aliphatic heterocycles. The molecule has 50 valence electrons. The second kappa shape index (κ2) is 1.59. The van der Waals surface area contributed by atoms with E-state index in [9.17, 15) is 4.79 Å². The van der Waals surface area contributed by atoms with Gasteiger partial charge in [-0.25, -0.2) is 10.1 Å². The first-order valence-corrected chi connectivity index (χ1v) is 2.50. The van der Waals surface area contributed by atoms with Crippen LogP contribution in [-0.2, 0) is 0 Å². The number of nitrogens with zero attached hydrogens (tertiary/aromatic N) is 5. The zero-order valence-electron chi connectivity index (χ0n) is 4.72. The highest BCUT2D eigenvalue weighted by atomic mass is 16.1. The number of tetrazole rings is 1. The molecule has 2 aromatic heterocycles. The predicted molar refractivity (Wildman–Crippen MR) is 29.2 cm³/mol. The van der Waals surface area contributed by atoms with Gasteiger partial charge in [0.1, 0.15) is 0 Å². The normalized spacial score (nSPS) is 10.4. The van der Waals surface area contributed by atoms with Crippen molar-refractivity contribution in [1.29, 1.82) is 0 Å². The van der Waals surface area contributed by atoms with Gasteiger partial charge in [-0.2, -0.15) is 0 Å². The summed E-state index contributed by atoms with van der Waals surface area (Å²) in [6.07, 6.45) is 1.12. The average molecular weight is 138 g/mol. The highest BCUT2D eigenvalue weighted by Crippen LogP contribution is 1.77. The fourth-order valence-corrected chi connectivity index (χ4v) is 0.585. The van der Waals surface area contributed by atoms with Gasteiger partial charge in [0.25, 0.3) is 11.3 Å². The molecule has 0 atom stereocenters. The van der Waals surface area contributed by atoms with Crippen LogP contribution in [0.2, 0.25) is 0 Å². The molecule has 0 unspecified atom stereocenters. The second-order valence-corrected chi connectivity index (χ2v) is 1.62. The summed E-state index contributed by atoms with van der Waals surface area (Å²) in [5.41, 5.74) is -0.334. The standard InChI is InChI=1S/C3H2N6O/c10-2-1-4-3-5-7-8-9(3)6-2/h1H,(H,6,10). The molecule has 7 heteroatoms. The Labute approximate surface area is 53.7 Å². The van der Waals surface area contributed by atoms with Crippen LogP contribution in [0.15, 0.2) is 11.0 Å². The summed E-state index contributed by atoms with van der Waals surface area (Å²) in [5.74, 6) is 0.277. The van der Waals surface area contributed by atoms with E-state index in [2.05, 4.69) is 25.6 Å². The number of hydrogen-bond donors (Lipinski definition) is 1. The quantitative estimate of drug-likeness (QED) is 0.464. The Kier molecular flexibility index (Phi) is 0.802. The maximum Gasteiger partial charge on any atom is 0.289 e. The van der Waals surface area contributed by atoms with E-state index in [-0.39, 0.29) is 11.3 Å². The molecule has 7 nitrogen and oxygen atoms in total. The number of rotatable bonds is 0. The average Bonchev–Trinajstić information content (AvgIpc) is 2.33. The van der Waals surface area contributed by atoms with Crippen molar-refractivity contribution in [3.05, 3.63) is 16.6 Å². The smallest absolute Gasteiger partial charge is 0.266 e. The number of hydrogen-bond acceptors (Lipinski definition) is 5. The summed E-state index contributed by atoms with van der Waals surface area (Å²) in [6.45, 7) is 0. The van der Waals surface area contributed by atoms with Gasteiger partial charge < -0.3 is 0 Å². The Morgan fingerprint density at radius 3 is 3.40 bits per heavy atom. The van der Waals surface area contributed by atoms with Crippen LogP contribution in [0.25, 0.3) is 5.78 Å². The first kappa shape index (κ1) is 5.03. The lowest BCUT2D eigenvalue weighted by molar-refractivity contribution is 0.713. The van der Waals surface area contributed by atoms with Gasteiger partial charge in [-0.05, 0) is 10.4 Å². The lowest BCUT2D eigenvalue weighted by atomic mass is 10.9. The molecule has 0 saturated heterocycles. The van der Waals surface area contributed by atoms with Gasteiger partial charge in [0.05, 0.1) is 6.20 Å². The maximum absolute atomic E-state index is 10.5. The van der Waals surface area contributed by atoms with E-state index in [1.165, 1.54) is 0 Å². The van der Waals surface area contributed by atoms with E-state index < -0.39 is 0 Å². The van der Waals surface area contributed by atoms with E-state index in [0.717, 1.165) is 10.8 Å². The van der Waals surface area contributed by atoms with Gasteiger partial charge in [-0.15, -0.1) is 4.63 Å². The molecule has 0 aliphatic rings. The fraction of sp³-hybridized carbons (Fsp3) is 0. The summed E-state index contributed by atoms with van der Waals surface area (Å²) in [4.78, 5) is 14.2. The highest BCUT2D eigenvalue weighted by Gasteiger charge is 1.94. The van der Waals surface area contributed by atoms with Gasteiger partial charge in [0, 0.05) is 0 Å². The predicted octanol–water partition coefficient (Wildman–Crippen LogP) is -1.79. The first-order chi connectivity index (χ1) is 4.86. The summed E-state index contributed by atoms with van der Waals surface area (Å²) in [7, 11) is 0. The number of nitrogens with one attached hydrogen (secondary N) is 1. The molecule has 0 aliphatic carbocycles. The highest BCUT2D eigenvalue weighted by molar-refractivity contribution is 5.17. The van der Waals surface area contributed by atoms with Crippen molar-refractivity contribution in [2.45, 2.75) is 0 Å². The van der Waals surface area contributed by atoms with Gasteiger partial charge in [0.2, 0.25) is 0 Å². The van der Waals surface area contributed by atoms with Crippen LogP contribution >= 0.6 is 0 Å². The summed E-state index contributed by atoms with van der Waals surface area (Å²) in [6, 6.07) is 0. The van der Waals surface area contributed by atoms with Crippen molar-refractivity contribution < 1.29 is 0 Å². The Morgan fingerprint density at radius 2 is 2.50 bits per heavy atom. The molecular formula is C3H2N6O. The van der Waals surface area contributed by atoms with Crippen LogP contribution in [-0.4, -0.2) is 30.2 Å². The minimum atomic E-state index is -0.334. The first-order valence-electron chi connectivity index (χ1n) is 2.50. The molecule has 0 bridgehead atoms. The Bertz CT molecular complexity index is 400. The minimum absolute atomic E-state index is 0.277. The van der Waals surface area contributed by atoms with Gasteiger partial charge in [-0.1, -0.05) is 5.10 Å². The molecule has 0 radical (unpaired) electrons. The number of aromatic amines is 1. The molecular weight excluding hydrogens is 136 g/mol. The number of aromatic nitrogens is 6. The third-order valence-corrected chi connectivity index (χ3v) is 0.966. The van der Waals surface area contributed by atoms with E-state index >= 15 is 0 Å². The van der Waals surface area contributed by atoms with E-state index in [4.69, 9.17) is 0 Å². The topological polar surface area (TPSA) is 88.8 Å². The lowest BCUT2D eigenvalue weighted by Gasteiger charge is -1.82. The zero-order chi connectivity index (χ0) is 6.97. The summed E-state index contributed by atoms with van der Waals surface area (Å²) >= 11 is 0. The largest absolute Gasteiger partial charge is 0.289 e. The van der Waals surface area contributed by atoms with Crippen LogP contribution in [0.5, 0.6) is 0 Å². The Balaban J connectivity index is 2.99. The van der Waals surface area contributed by atoms with Crippen molar-refractivity contribution >= 4 is 5.78 Å². The number of fused-ring (bicyclic) bond motifs is 1. The second-order valence-electron chi connectivity index (χ2n) is 1.62. The number of H-pyrrole nitrogens is 1. The van der Waals surface area contributed by atoms with Crippen LogP contribution < -0.4 is 5.56 Å². The monoisotopic (exact) mass is 138 g/mol. The molecule has 2 rings (SSSR count). The molecule has 10 heavy (non-hydrogen) atoms. The molecule has 1 N–H and O–H groups in total. The van der Waals surface area contributed by atoms with Crippen LogP contribution in [0.1, 0.15) is 0 Å². The molecule has 0 amide bonds. The molecule has 0 fully saturated rings. The Hall–Kier alpha value is -1.79. The van der Waals surface area contributed by atoms with Crippen molar-refractivity contribution in [1.82, 2.24) is 30.2 Å². The van der Waals surface area contributed by atoms with Gasteiger partial charge in [0.15, 0.2) is 0 Å². The molecule has 0 spiro atoms. The van der Waals surface area contributed by atoms with Gasteiger partial charge in [-0.3, -0.25) is 4.79 Å². The molecule has 0 saturated carbocycles. The Morgan fingerprint density at radius 1 is 1.60 bits per heavy atom. The summed E-state index contributed by atoms with van der Waals surface area (Å²) < 4.78 is 1.10. The van der Waals surface area contributed by atoms with E-state index in [1.54, 1.807) is 0 Å². The third-order valence-electron chi connectivity index (χ3n) is 0.966. The van der Waals surface area contributed by atoms with Crippen LogP contribution in [0.4, 0.5) is 0 Å². The van der Waals surface area contributed by atoms with Crippen molar-refractivity contribution in [2.24, 2.45) is 0 Å². The van der Waals surface area contributed by atoms with Crippen LogP contribution in [0.3, 0.4) is 0 Å². The SMILES string of the molecule is O=c1cnc2nnnn2[nH]1. The van der Waals surface area contributed by atoms with Crippen molar-refractivity contribution in [2.75, 3.05) is 0 Å². The van der Waals surface area contributed by atoms with Crippen LogP contribution in [0, 0.1) is 0 Å². The molecule has 0 aromatic carbocycles. The maximum atomic E-state index is 10.5. The van der Waals surface area contributed by atoms with Gasteiger partial charge >= 0.3 is 0 Å². The van der Waals surface area contributed by atoms with Crippen molar-refractivity contribution in [3.8, 4) is 0 Å². The summed E-state index contributed by atoms with van der Waals surface area (Å²) in [5, 5.41) is 12.5. The van der Waals surface area contributed by atoms with E-state index in [0.29, 0.717) is 0 Å². The minimum Gasteiger partial charge on any atom is -0.266 e. The lowest BCUT2D eigenvalue weighted by Crippen LogP contribution is -2.11. The molecule has 2 heterocycles. The third kappa shape index (κ3) is 0.569. The fourth-order valence-electron chi connectivity index (χ4n) is 0.585. The van der Waals surface area contributed by atoms with E-state index in [1.807, 2.05) is 0 Å². The molecule has 2 aromatic rings. The zero-order valence-corrected chi connectivity index (χ0v) is 4.72.